The first kappa shape index (κ1) is 63.0. The quantitative estimate of drug-likeness (QED) is 0.266. The van der Waals surface area contributed by atoms with Crippen molar-refractivity contribution in [2.45, 2.75) is 288 Å². The fourth-order valence-electron chi connectivity index (χ4n) is 5.19. The van der Waals surface area contributed by atoms with Gasteiger partial charge in [0.2, 0.25) is 0 Å². The summed E-state index contributed by atoms with van der Waals surface area (Å²) in [7, 11) is 0. The monoisotopic (exact) mass is 727 g/mol. The summed E-state index contributed by atoms with van der Waals surface area (Å²) in [5.74, 6) is 4.90. The topological polar surface area (TPSA) is 0 Å². The van der Waals surface area contributed by atoms with Gasteiger partial charge in [0.05, 0.1) is 0 Å². The molecule has 4 fully saturated rings. The molecular weight excluding hydrogens is 613 g/mol. The molecule has 0 radical (unpaired) electrons. The third kappa shape index (κ3) is 79.8. The highest BCUT2D eigenvalue weighted by Gasteiger charge is 2.21. The Morgan fingerprint density at radius 2 is 0.745 bits per heavy atom. The Hall–Kier alpha value is 0. The minimum atomic E-state index is 0.500. The Morgan fingerprint density at radius 3 is 0.843 bits per heavy atom. The van der Waals surface area contributed by atoms with Crippen LogP contribution in [0.25, 0.3) is 0 Å². The van der Waals surface area contributed by atoms with E-state index in [1.165, 1.54) is 128 Å². The highest BCUT2D eigenvalue weighted by atomic mass is 14.3. The molecule has 0 bridgehead atoms. The molecule has 0 heterocycles. The van der Waals surface area contributed by atoms with Gasteiger partial charge in [0.25, 0.3) is 0 Å². The van der Waals surface area contributed by atoms with E-state index in [1.54, 1.807) is 0 Å². The van der Waals surface area contributed by atoms with Crippen molar-refractivity contribution in [2.24, 2.45) is 45.8 Å². The van der Waals surface area contributed by atoms with E-state index in [1.807, 2.05) is 27.7 Å². The van der Waals surface area contributed by atoms with Gasteiger partial charge >= 0.3 is 0 Å². The molecule has 0 aromatic rings. The summed E-state index contributed by atoms with van der Waals surface area (Å²) in [5, 5.41) is 0. The third-order valence-corrected chi connectivity index (χ3v) is 9.42. The second kappa shape index (κ2) is 42.7. The fraction of sp³-hybridized carbons (Fsp3) is 1.00. The van der Waals surface area contributed by atoms with Crippen LogP contribution in [0.15, 0.2) is 0 Å². The van der Waals surface area contributed by atoms with Crippen LogP contribution in [0, 0.1) is 45.8 Å². The summed E-state index contributed by atoms with van der Waals surface area (Å²) in [5.41, 5.74) is 1.74. The standard InChI is InChI=1S/3C7H14.C6H12.C6H14.2C5H12.C4H10.2C2H6/c1-7(2)5-3-4-6-7;1-7-5-3-2-4-6-7;1-2-7-5-3-4-6-7;1-6-4-2-3-5-6;1-5-6(2,3)4;1-5(2,3)4;1-4-5(2)3;1-4(2)3;2*1-2/h3-6H2,1-2H3;2*7H,2-6H2,1H3;6H,2-5H2,1H3;5H2,1-4H3;1-4H3;5H,4H2,1-3H3;4H,1-3H3;2*1-2H3. The Morgan fingerprint density at radius 1 is 0.510 bits per heavy atom. The SMILES string of the molecule is CC.CC.CC(C)(C)C.CC(C)C.CC1(C)CCCC1.CC1CCCC1.CC1CCCCC1.CCC(C)(C)C.CCC(C)C.CCC1CCCC1. The molecule has 4 rings (SSSR count). The van der Waals surface area contributed by atoms with Gasteiger partial charge in [-0.25, -0.2) is 0 Å². The summed E-state index contributed by atoms with van der Waals surface area (Å²) >= 11 is 0. The molecule has 0 N–H and O–H groups in total. The molecule has 0 aliphatic heterocycles. The number of hydrogen-bond donors (Lipinski definition) is 0. The first-order valence-electron chi connectivity index (χ1n) is 23.5. The van der Waals surface area contributed by atoms with E-state index in [0.717, 1.165) is 29.6 Å². The smallest absolute Gasteiger partial charge is 0.0354 e. The molecule has 0 atom stereocenters. The predicted molar refractivity (Wildman–Crippen MR) is 248 cm³/mol. The lowest BCUT2D eigenvalue weighted by Crippen LogP contribution is -2.01. The zero-order valence-electron chi connectivity index (χ0n) is 41.5. The molecule has 0 aromatic carbocycles. The summed E-state index contributed by atoms with van der Waals surface area (Å²) in [4.78, 5) is 0. The summed E-state index contributed by atoms with van der Waals surface area (Å²) in [6, 6.07) is 0. The molecule has 0 nitrogen and oxygen atoms in total. The van der Waals surface area contributed by atoms with E-state index < -0.39 is 0 Å². The Bertz CT molecular complexity index is 545. The van der Waals surface area contributed by atoms with E-state index in [2.05, 4.69) is 132 Å². The van der Waals surface area contributed by atoms with Crippen LogP contribution < -0.4 is 0 Å². The maximum atomic E-state index is 2.36. The van der Waals surface area contributed by atoms with E-state index in [-0.39, 0.29) is 0 Å². The Labute approximate surface area is 332 Å². The molecule has 4 aliphatic rings. The van der Waals surface area contributed by atoms with Gasteiger partial charge in [-0.1, -0.05) is 275 Å². The molecule has 51 heavy (non-hydrogen) atoms. The van der Waals surface area contributed by atoms with Crippen LogP contribution >= 0.6 is 0 Å². The zero-order chi connectivity index (χ0) is 41.5. The molecule has 4 aliphatic carbocycles. The normalized spacial score (nSPS) is 18.1. The van der Waals surface area contributed by atoms with E-state index in [9.17, 15) is 0 Å². The highest BCUT2D eigenvalue weighted by Crippen LogP contribution is 2.36. The first-order valence-corrected chi connectivity index (χ1v) is 23.5. The lowest BCUT2D eigenvalue weighted by atomic mass is 9.91. The molecule has 0 spiro atoms. The summed E-state index contributed by atoms with van der Waals surface area (Å²) in [6.07, 6.45) is 29.2. The zero-order valence-corrected chi connectivity index (χ0v) is 41.5. The molecule has 0 unspecified atom stereocenters. The predicted octanol–water partition coefficient (Wildman–Crippen LogP) is 20.2. The fourth-order valence-corrected chi connectivity index (χ4v) is 5.19. The van der Waals surface area contributed by atoms with E-state index >= 15 is 0 Å². The maximum Gasteiger partial charge on any atom is -0.0354 e. The average Bonchev–Trinajstić information content (AvgIpc) is 3.84. The van der Waals surface area contributed by atoms with Gasteiger partial charge in [-0.2, -0.15) is 0 Å². The van der Waals surface area contributed by atoms with Gasteiger partial charge in [0.15, 0.2) is 0 Å². The second-order valence-corrected chi connectivity index (χ2v) is 20.5. The van der Waals surface area contributed by atoms with Crippen molar-refractivity contribution in [3.8, 4) is 0 Å². The van der Waals surface area contributed by atoms with Crippen LogP contribution in [-0.4, -0.2) is 0 Å². The molecule has 0 saturated heterocycles. The van der Waals surface area contributed by atoms with Crippen molar-refractivity contribution in [3.05, 3.63) is 0 Å². The third-order valence-electron chi connectivity index (χ3n) is 9.42. The van der Waals surface area contributed by atoms with Gasteiger partial charge in [-0.05, 0) is 58.7 Å². The average molecular weight is 727 g/mol. The van der Waals surface area contributed by atoms with Crippen molar-refractivity contribution in [2.75, 3.05) is 0 Å². The van der Waals surface area contributed by atoms with Crippen LogP contribution in [0.4, 0.5) is 0 Å². The van der Waals surface area contributed by atoms with Crippen molar-refractivity contribution >= 4 is 0 Å². The summed E-state index contributed by atoms with van der Waals surface area (Å²) in [6.45, 7) is 50.6. The van der Waals surface area contributed by atoms with Gasteiger partial charge in [-0.15, -0.1) is 0 Å². The number of rotatable bonds is 2. The Balaban J connectivity index is -0.000000113. The molecule has 0 amide bonds. The summed E-state index contributed by atoms with van der Waals surface area (Å²) < 4.78 is 0. The van der Waals surface area contributed by atoms with Crippen molar-refractivity contribution in [3.63, 3.8) is 0 Å². The van der Waals surface area contributed by atoms with Crippen molar-refractivity contribution in [1.29, 1.82) is 0 Å². The molecule has 4 saturated carbocycles. The van der Waals surface area contributed by atoms with E-state index in [0.29, 0.717) is 16.2 Å². The second-order valence-electron chi connectivity index (χ2n) is 20.5. The minimum absolute atomic E-state index is 0.500. The first-order chi connectivity index (χ1) is 23.5. The van der Waals surface area contributed by atoms with Crippen molar-refractivity contribution in [1.82, 2.24) is 0 Å². The maximum absolute atomic E-state index is 2.36. The molecule has 0 aromatic heterocycles. The van der Waals surface area contributed by atoms with Crippen molar-refractivity contribution < 1.29 is 0 Å². The van der Waals surface area contributed by atoms with Gasteiger partial charge in [-0.3, -0.25) is 0 Å². The van der Waals surface area contributed by atoms with Gasteiger partial charge < -0.3 is 0 Å². The number of hydrogen-bond acceptors (Lipinski definition) is 0. The molecule has 318 valence electrons. The highest BCUT2D eigenvalue weighted by molar-refractivity contribution is 4.74. The lowest BCUT2D eigenvalue weighted by molar-refractivity contribution is 0.382. The molecule has 0 heteroatoms. The van der Waals surface area contributed by atoms with Crippen LogP contribution in [0.2, 0.25) is 0 Å². The lowest BCUT2D eigenvalue weighted by Gasteiger charge is -2.15. The van der Waals surface area contributed by atoms with E-state index in [4.69, 9.17) is 0 Å². The van der Waals surface area contributed by atoms with Crippen LogP contribution in [0.5, 0.6) is 0 Å². The van der Waals surface area contributed by atoms with Crippen LogP contribution in [0.3, 0.4) is 0 Å². The van der Waals surface area contributed by atoms with Crippen LogP contribution in [-0.2, 0) is 0 Å². The molecular formula is C51H114. The van der Waals surface area contributed by atoms with Crippen LogP contribution in [0.1, 0.15) is 288 Å². The minimum Gasteiger partial charge on any atom is -0.0683 e. The Kier molecular flexibility index (Phi) is 52.8. The van der Waals surface area contributed by atoms with Gasteiger partial charge in [0.1, 0.15) is 0 Å². The largest absolute Gasteiger partial charge is 0.0683 e. The van der Waals surface area contributed by atoms with Gasteiger partial charge in [0, 0.05) is 0 Å².